The second-order valence-electron chi connectivity index (χ2n) is 7.49. The van der Waals surface area contributed by atoms with Gasteiger partial charge in [0.15, 0.2) is 5.66 Å². The highest BCUT2D eigenvalue weighted by molar-refractivity contribution is 7.53. The Morgan fingerprint density at radius 2 is 1.62 bits per heavy atom. The van der Waals surface area contributed by atoms with E-state index in [0.717, 1.165) is 4.90 Å². The number of esters is 1. The molecule has 1 aliphatic heterocycles. The summed E-state index contributed by atoms with van der Waals surface area (Å²) in [5, 5.41) is 0. The molecule has 0 saturated heterocycles. The highest BCUT2D eigenvalue weighted by Crippen LogP contribution is 2.45. The van der Waals surface area contributed by atoms with E-state index >= 15 is 0 Å². The van der Waals surface area contributed by atoms with E-state index in [1.54, 1.807) is 31.2 Å². The number of rotatable bonds is 10. The lowest BCUT2D eigenvalue weighted by Gasteiger charge is -2.29. The molecule has 160 valence electrons. The van der Waals surface area contributed by atoms with Crippen LogP contribution < -0.4 is 0 Å². The summed E-state index contributed by atoms with van der Waals surface area (Å²) in [6.07, 6.45) is 1.56. The summed E-state index contributed by atoms with van der Waals surface area (Å²) in [4.78, 5) is 57.4. The van der Waals surface area contributed by atoms with Crippen molar-refractivity contribution in [3.05, 3.63) is 35.4 Å². The Hall–Kier alpha value is -2.02. The van der Waals surface area contributed by atoms with E-state index in [1.165, 1.54) is 0 Å². The fourth-order valence-corrected chi connectivity index (χ4v) is 4.02. The van der Waals surface area contributed by atoms with Gasteiger partial charge in [0.1, 0.15) is 5.60 Å². The first-order valence-electron chi connectivity index (χ1n) is 9.77. The van der Waals surface area contributed by atoms with Gasteiger partial charge in [-0.3, -0.25) is 23.8 Å². The zero-order chi connectivity index (χ0) is 21.8. The smallest absolute Gasteiger partial charge is 0.339 e. The van der Waals surface area contributed by atoms with Crippen LogP contribution in [0.15, 0.2) is 24.3 Å². The molecule has 2 rings (SSSR count). The van der Waals surface area contributed by atoms with Crippen LogP contribution in [0.3, 0.4) is 0 Å². The van der Waals surface area contributed by atoms with Crippen molar-refractivity contribution in [1.82, 2.24) is 4.90 Å². The van der Waals surface area contributed by atoms with Crippen molar-refractivity contribution in [3.63, 3.8) is 0 Å². The first-order valence-corrected chi connectivity index (χ1v) is 11.5. The lowest BCUT2D eigenvalue weighted by atomic mass is 10.00. The SMILES string of the molecule is CCC(C)(CC)OC(=O)C(CCCCN1C(=O)c2ccccc2C1=O)P(=O)(O)O. The second kappa shape index (κ2) is 9.20. The Balaban J connectivity index is 1.94. The summed E-state index contributed by atoms with van der Waals surface area (Å²) < 4.78 is 17.2. The zero-order valence-corrected chi connectivity index (χ0v) is 17.9. The molecule has 1 aromatic carbocycles. The number of carbonyl (C=O) groups is 3. The quantitative estimate of drug-likeness (QED) is 0.256. The zero-order valence-electron chi connectivity index (χ0n) is 17.0. The van der Waals surface area contributed by atoms with Crippen molar-refractivity contribution in [3.8, 4) is 0 Å². The van der Waals surface area contributed by atoms with Crippen molar-refractivity contribution < 1.29 is 33.5 Å². The number of ether oxygens (including phenoxy) is 1. The van der Waals surface area contributed by atoms with Crippen molar-refractivity contribution >= 4 is 25.4 Å². The van der Waals surface area contributed by atoms with Gasteiger partial charge in [-0.05, 0) is 44.7 Å². The Morgan fingerprint density at radius 1 is 1.10 bits per heavy atom. The number of benzene rings is 1. The molecule has 29 heavy (non-hydrogen) atoms. The molecule has 1 aliphatic rings. The molecular weight excluding hydrogens is 397 g/mol. The predicted octanol–water partition coefficient (Wildman–Crippen LogP) is 3.12. The third-order valence-corrected chi connectivity index (χ3v) is 6.79. The van der Waals surface area contributed by atoms with Gasteiger partial charge in [0, 0.05) is 6.54 Å². The third kappa shape index (κ3) is 5.32. The van der Waals surface area contributed by atoms with E-state index in [-0.39, 0.29) is 31.2 Å². The Kier molecular flexibility index (Phi) is 7.38. The summed E-state index contributed by atoms with van der Waals surface area (Å²) in [6.45, 7) is 5.53. The topological polar surface area (TPSA) is 121 Å². The molecule has 0 saturated carbocycles. The van der Waals surface area contributed by atoms with Crippen LogP contribution in [0.1, 0.15) is 73.6 Å². The highest BCUT2D eigenvalue weighted by atomic mass is 31.2. The average Bonchev–Trinajstić information content (AvgIpc) is 2.91. The Bertz CT molecular complexity index is 793. The van der Waals surface area contributed by atoms with Crippen LogP contribution in [-0.4, -0.2) is 50.3 Å². The van der Waals surface area contributed by atoms with Crippen LogP contribution in [0.5, 0.6) is 0 Å². The van der Waals surface area contributed by atoms with E-state index in [9.17, 15) is 28.7 Å². The number of imide groups is 1. The minimum absolute atomic E-state index is 0.0875. The van der Waals surface area contributed by atoms with Crippen LogP contribution in [-0.2, 0) is 14.1 Å². The average molecular weight is 425 g/mol. The van der Waals surface area contributed by atoms with E-state index < -0.39 is 24.8 Å². The van der Waals surface area contributed by atoms with Gasteiger partial charge in [-0.25, -0.2) is 0 Å². The number of nitrogens with zero attached hydrogens (tertiary/aromatic N) is 1. The van der Waals surface area contributed by atoms with Crippen molar-refractivity contribution in [1.29, 1.82) is 0 Å². The van der Waals surface area contributed by atoms with Crippen LogP contribution in [0.2, 0.25) is 0 Å². The molecule has 0 aliphatic carbocycles. The summed E-state index contributed by atoms with van der Waals surface area (Å²) >= 11 is 0. The number of carbonyl (C=O) groups excluding carboxylic acids is 3. The second-order valence-corrected chi connectivity index (χ2v) is 9.29. The normalized spacial score (nSPS) is 15.4. The molecule has 0 radical (unpaired) electrons. The minimum Gasteiger partial charge on any atom is -0.459 e. The Morgan fingerprint density at radius 3 is 2.07 bits per heavy atom. The maximum Gasteiger partial charge on any atom is 0.339 e. The van der Waals surface area contributed by atoms with Gasteiger partial charge < -0.3 is 14.5 Å². The largest absolute Gasteiger partial charge is 0.459 e. The summed E-state index contributed by atoms with van der Waals surface area (Å²) in [5.41, 5.74) is -1.62. The molecular formula is C20H28NO7P. The van der Waals surface area contributed by atoms with E-state index in [4.69, 9.17) is 4.74 Å². The van der Waals surface area contributed by atoms with Crippen LogP contribution in [0.25, 0.3) is 0 Å². The van der Waals surface area contributed by atoms with Gasteiger partial charge in [-0.2, -0.15) is 0 Å². The van der Waals surface area contributed by atoms with Gasteiger partial charge >= 0.3 is 13.6 Å². The van der Waals surface area contributed by atoms with E-state index in [0.29, 0.717) is 30.4 Å². The summed E-state index contributed by atoms with van der Waals surface area (Å²) in [7, 11) is -4.70. The van der Waals surface area contributed by atoms with Crippen LogP contribution >= 0.6 is 7.60 Å². The summed E-state index contributed by atoms with van der Waals surface area (Å²) in [5.74, 6) is -1.67. The van der Waals surface area contributed by atoms with Crippen LogP contribution in [0, 0.1) is 0 Å². The molecule has 2 N–H and O–H groups in total. The maximum atomic E-state index is 12.4. The molecule has 1 atom stereocenters. The maximum absolute atomic E-state index is 12.4. The van der Waals surface area contributed by atoms with Crippen LogP contribution in [0.4, 0.5) is 0 Å². The fraction of sp³-hybridized carbons (Fsp3) is 0.550. The van der Waals surface area contributed by atoms with Gasteiger partial charge in [0.25, 0.3) is 11.8 Å². The van der Waals surface area contributed by atoms with Crippen molar-refractivity contribution in [2.24, 2.45) is 0 Å². The molecule has 0 aromatic heterocycles. The minimum atomic E-state index is -4.70. The van der Waals surface area contributed by atoms with Gasteiger partial charge in [-0.1, -0.05) is 32.4 Å². The van der Waals surface area contributed by atoms with Crippen molar-refractivity contribution in [2.45, 2.75) is 64.1 Å². The molecule has 0 spiro atoms. The number of fused-ring (bicyclic) bond motifs is 1. The molecule has 1 unspecified atom stereocenters. The highest BCUT2D eigenvalue weighted by Gasteiger charge is 2.40. The lowest BCUT2D eigenvalue weighted by Crippen LogP contribution is -2.35. The fourth-order valence-electron chi connectivity index (χ4n) is 3.18. The number of hydrogen-bond donors (Lipinski definition) is 2. The molecule has 0 bridgehead atoms. The number of amides is 2. The number of unbranched alkanes of at least 4 members (excludes halogenated alkanes) is 1. The number of hydrogen-bond acceptors (Lipinski definition) is 5. The summed E-state index contributed by atoms with van der Waals surface area (Å²) in [6, 6.07) is 6.55. The monoisotopic (exact) mass is 425 g/mol. The van der Waals surface area contributed by atoms with E-state index in [1.807, 2.05) is 13.8 Å². The lowest BCUT2D eigenvalue weighted by molar-refractivity contribution is -0.158. The Labute approximate surface area is 170 Å². The van der Waals surface area contributed by atoms with Gasteiger partial charge in [0.2, 0.25) is 0 Å². The molecule has 2 amide bonds. The van der Waals surface area contributed by atoms with E-state index in [2.05, 4.69) is 0 Å². The third-order valence-electron chi connectivity index (χ3n) is 5.51. The first-order chi connectivity index (χ1) is 13.5. The molecule has 1 heterocycles. The molecule has 1 aromatic rings. The standard InChI is InChI=1S/C20H28NO7P/c1-4-20(3,5-2)28-19(24)16(29(25,26)27)12-8-9-13-21-17(22)14-10-6-7-11-15(14)18(21)23/h6-7,10-11,16H,4-5,8-9,12-13H2,1-3H3,(H2,25,26,27). The molecule has 9 heteroatoms. The van der Waals surface area contributed by atoms with Gasteiger partial charge in [-0.15, -0.1) is 0 Å². The van der Waals surface area contributed by atoms with Crippen molar-refractivity contribution in [2.75, 3.05) is 6.54 Å². The molecule has 8 nitrogen and oxygen atoms in total. The predicted molar refractivity (Wildman–Crippen MR) is 107 cm³/mol. The molecule has 0 fully saturated rings. The first kappa shape index (κ1) is 23.3. The van der Waals surface area contributed by atoms with Gasteiger partial charge in [0.05, 0.1) is 11.1 Å².